The molecule has 196 valence electrons. The van der Waals surface area contributed by atoms with Gasteiger partial charge >= 0.3 is 11.9 Å². The SMILES string of the molecule is CNC(=O)c1cc(C(=O)Nc2ccc(OCC(=O)COc3ccc(C)cc3)cc2)c(C(=O)O)cc1C(=O)O. The summed E-state index contributed by atoms with van der Waals surface area (Å²) >= 11 is 0. The maximum absolute atomic E-state index is 12.8. The molecule has 0 heterocycles. The topological polar surface area (TPSA) is 168 Å². The van der Waals surface area contributed by atoms with Crippen LogP contribution in [0.4, 0.5) is 5.69 Å². The van der Waals surface area contributed by atoms with Crippen LogP contribution in [0, 0.1) is 6.92 Å². The second kappa shape index (κ2) is 12.2. The summed E-state index contributed by atoms with van der Waals surface area (Å²) in [5, 5.41) is 23.6. The molecule has 0 saturated heterocycles. The van der Waals surface area contributed by atoms with Crippen LogP contribution in [0.1, 0.15) is 47.0 Å². The lowest BCUT2D eigenvalue weighted by molar-refractivity contribution is -0.123. The standard InChI is InChI=1S/C27H24N2O9/c1-15-3-7-18(8-4-15)37-13-17(30)14-38-19-9-5-16(6-10-19)29-25(32)21-11-20(24(31)28-2)22(26(33)34)12-23(21)27(35)36/h3-12H,13-14H2,1-2H3,(H,28,31)(H,29,32)(H,33,34)(H,35,36). The lowest BCUT2D eigenvalue weighted by atomic mass is 9.97. The van der Waals surface area contributed by atoms with E-state index in [4.69, 9.17) is 9.47 Å². The van der Waals surface area contributed by atoms with Gasteiger partial charge in [-0.15, -0.1) is 0 Å². The summed E-state index contributed by atoms with van der Waals surface area (Å²) < 4.78 is 10.9. The Hall–Kier alpha value is -5.19. The normalized spacial score (nSPS) is 10.3. The highest BCUT2D eigenvalue weighted by atomic mass is 16.5. The molecule has 4 N–H and O–H groups in total. The molecule has 0 aromatic heterocycles. The Balaban J connectivity index is 1.66. The summed E-state index contributed by atoms with van der Waals surface area (Å²) in [6.07, 6.45) is 0. The lowest BCUT2D eigenvalue weighted by Gasteiger charge is -2.13. The number of carboxylic acid groups (broad SMARTS) is 2. The van der Waals surface area contributed by atoms with E-state index in [9.17, 15) is 34.2 Å². The van der Waals surface area contributed by atoms with Crippen LogP contribution in [0.3, 0.4) is 0 Å². The molecule has 0 saturated carbocycles. The Kier molecular flexibility index (Phi) is 8.78. The van der Waals surface area contributed by atoms with Crippen molar-refractivity contribution in [1.29, 1.82) is 0 Å². The van der Waals surface area contributed by atoms with Gasteiger partial charge in [-0.2, -0.15) is 0 Å². The number of aryl methyl sites for hydroxylation is 1. The first kappa shape index (κ1) is 27.4. The zero-order chi connectivity index (χ0) is 27.8. The zero-order valence-corrected chi connectivity index (χ0v) is 20.4. The average molecular weight is 520 g/mol. The Morgan fingerprint density at radius 1 is 0.684 bits per heavy atom. The Labute approximate surface area is 217 Å². The number of amides is 2. The summed E-state index contributed by atoms with van der Waals surface area (Å²) in [7, 11) is 1.27. The molecule has 0 aliphatic heterocycles. The Bertz CT molecular complexity index is 1380. The van der Waals surface area contributed by atoms with Gasteiger partial charge in [0.2, 0.25) is 5.78 Å². The van der Waals surface area contributed by atoms with Gasteiger partial charge in [0.15, 0.2) is 0 Å². The number of ketones is 1. The first-order valence-electron chi connectivity index (χ1n) is 11.2. The van der Waals surface area contributed by atoms with E-state index in [1.54, 1.807) is 12.1 Å². The molecule has 0 aliphatic rings. The van der Waals surface area contributed by atoms with E-state index in [2.05, 4.69) is 10.6 Å². The van der Waals surface area contributed by atoms with Crippen molar-refractivity contribution in [1.82, 2.24) is 5.32 Å². The largest absolute Gasteiger partial charge is 0.486 e. The third-order valence-corrected chi connectivity index (χ3v) is 5.27. The first-order chi connectivity index (χ1) is 18.1. The molecular weight excluding hydrogens is 496 g/mol. The fourth-order valence-electron chi connectivity index (χ4n) is 3.30. The minimum absolute atomic E-state index is 0.165. The van der Waals surface area contributed by atoms with Crippen molar-refractivity contribution < 1.29 is 43.7 Å². The van der Waals surface area contributed by atoms with Gasteiger partial charge in [-0.3, -0.25) is 14.4 Å². The van der Waals surface area contributed by atoms with E-state index in [-0.39, 0.29) is 30.2 Å². The smallest absolute Gasteiger partial charge is 0.336 e. The van der Waals surface area contributed by atoms with Crippen molar-refractivity contribution in [3.05, 3.63) is 88.5 Å². The number of aromatic carboxylic acids is 2. The van der Waals surface area contributed by atoms with Gasteiger partial charge in [0.05, 0.1) is 22.3 Å². The van der Waals surface area contributed by atoms with Gasteiger partial charge in [0.1, 0.15) is 24.7 Å². The fourth-order valence-corrected chi connectivity index (χ4v) is 3.30. The monoisotopic (exact) mass is 520 g/mol. The summed E-state index contributed by atoms with van der Waals surface area (Å²) in [5.74, 6) is -4.12. The van der Waals surface area contributed by atoms with Crippen molar-refractivity contribution in [3.63, 3.8) is 0 Å². The molecule has 0 aliphatic carbocycles. The quantitative estimate of drug-likeness (QED) is 0.297. The van der Waals surface area contributed by atoms with Crippen molar-refractivity contribution in [2.45, 2.75) is 6.92 Å². The van der Waals surface area contributed by atoms with Gasteiger partial charge in [0.25, 0.3) is 11.8 Å². The number of carbonyl (C=O) groups excluding carboxylic acids is 3. The van der Waals surface area contributed by atoms with E-state index in [0.717, 1.165) is 17.7 Å². The second-order valence-corrected chi connectivity index (χ2v) is 8.04. The molecule has 3 rings (SSSR count). The molecule has 11 heteroatoms. The number of hydrogen-bond donors (Lipinski definition) is 4. The van der Waals surface area contributed by atoms with E-state index in [0.29, 0.717) is 11.5 Å². The van der Waals surface area contributed by atoms with Crippen LogP contribution in [0.25, 0.3) is 0 Å². The van der Waals surface area contributed by atoms with Crippen LogP contribution in [-0.2, 0) is 4.79 Å². The number of nitrogens with one attached hydrogen (secondary N) is 2. The van der Waals surface area contributed by atoms with E-state index >= 15 is 0 Å². The van der Waals surface area contributed by atoms with Crippen molar-refractivity contribution in [3.8, 4) is 11.5 Å². The van der Waals surface area contributed by atoms with Gasteiger partial charge < -0.3 is 30.3 Å². The molecule has 3 aromatic carbocycles. The Morgan fingerprint density at radius 2 is 1.13 bits per heavy atom. The first-order valence-corrected chi connectivity index (χ1v) is 11.2. The molecule has 0 bridgehead atoms. The molecular formula is C27H24N2O9. The molecule has 11 nitrogen and oxygen atoms in total. The fraction of sp³-hybridized carbons (Fsp3) is 0.148. The molecule has 0 atom stereocenters. The van der Waals surface area contributed by atoms with Crippen LogP contribution in [0.5, 0.6) is 11.5 Å². The highest BCUT2D eigenvalue weighted by Gasteiger charge is 2.25. The molecule has 0 radical (unpaired) electrons. The van der Waals surface area contributed by atoms with E-state index in [1.165, 1.54) is 31.3 Å². The van der Waals surface area contributed by atoms with Crippen molar-refractivity contribution in [2.75, 3.05) is 25.6 Å². The van der Waals surface area contributed by atoms with Gasteiger partial charge in [0, 0.05) is 12.7 Å². The van der Waals surface area contributed by atoms with Crippen LogP contribution < -0.4 is 20.1 Å². The average Bonchev–Trinajstić information content (AvgIpc) is 2.90. The van der Waals surface area contributed by atoms with Gasteiger partial charge in [-0.05, 0) is 55.5 Å². The number of anilines is 1. The predicted molar refractivity (Wildman–Crippen MR) is 135 cm³/mol. The van der Waals surface area contributed by atoms with Crippen LogP contribution >= 0.6 is 0 Å². The second-order valence-electron chi connectivity index (χ2n) is 8.04. The van der Waals surface area contributed by atoms with Crippen LogP contribution in [0.2, 0.25) is 0 Å². The highest BCUT2D eigenvalue weighted by Crippen LogP contribution is 2.21. The number of benzene rings is 3. The molecule has 38 heavy (non-hydrogen) atoms. The lowest BCUT2D eigenvalue weighted by Crippen LogP contribution is -2.24. The minimum Gasteiger partial charge on any atom is -0.486 e. The third-order valence-electron chi connectivity index (χ3n) is 5.27. The third kappa shape index (κ3) is 6.94. The number of Topliss-reactive ketones (excluding diaryl/α,β-unsaturated/α-hetero) is 1. The number of ether oxygens (including phenoxy) is 2. The maximum Gasteiger partial charge on any atom is 0.336 e. The molecule has 0 spiro atoms. The van der Waals surface area contributed by atoms with E-state index < -0.39 is 40.4 Å². The predicted octanol–water partition coefficient (Wildman–Crippen LogP) is 3.03. The van der Waals surface area contributed by atoms with Crippen molar-refractivity contribution >= 4 is 35.2 Å². The molecule has 0 fully saturated rings. The number of carboxylic acids is 2. The number of carbonyl (C=O) groups is 5. The summed E-state index contributed by atoms with van der Waals surface area (Å²) in [6, 6.07) is 14.8. The summed E-state index contributed by atoms with van der Waals surface area (Å²) in [5.41, 5.74) is -0.580. The van der Waals surface area contributed by atoms with Gasteiger partial charge in [-0.25, -0.2) is 9.59 Å². The zero-order valence-electron chi connectivity index (χ0n) is 20.4. The van der Waals surface area contributed by atoms with Gasteiger partial charge in [-0.1, -0.05) is 17.7 Å². The Morgan fingerprint density at radius 3 is 1.61 bits per heavy atom. The highest BCUT2D eigenvalue weighted by molar-refractivity contribution is 6.14. The van der Waals surface area contributed by atoms with E-state index in [1.807, 2.05) is 19.1 Å². The molecule has 2 amide bonds. The maximum atomic E-state index is 12.8. The van der Waals surface area contributed by atoms with Crippen molar-refractivity contribution in [2.24, 2.45) is 0 Å². The number of hydrogen-bond acceptors (Lipinski definition) is 7. The summed E-state index contributed by atoms with van der Waals surface area (Å²) in [6.45, 7) is 1.54. The van der Waals surface area contributed by atoms with Crippen LogP contribution in [0.15, 0.2) is 60.7 Å². The number of rotatable bonds is 11. The van der Waals surface area contributed by atoms with Crippen LogP contribution in [-0.4, -0.2) is 60.0 Å². The molecule has 0 unspecified atom stereocenters. The molecule has 3 aromatic rings. The minimum atomic E-state index is -1.54. The summed E-state index contributed by atoms with van der Waals surface area (Å²) in [4.78, 5) is 60.2.